The van der Waals surface area contributed by atoms with Crippen LogP contribution >= 0.6 is 11.6 Å². The smallest absolute Gasteiger partial charge is 0.320 e. The molecular weight excluding hydrogens is 563 g/mol. The van der Waals surface area contributed by atoms with Gasteiger partial charge in [0.2, 0.25) is 10.0 Å². The number of hydrazine groups is 1. The van der Waals surface area contributed by atoms with E-state index in [0.717, 1.165) is 11.3 Å². The molecule has 4 rings (SSSR count). The zero-order valence-electron chi connectivity index (χ0n) is 22.2. The van der Waals surface area contributed by atoms with Crippen molar-refractivity contribution in [3.05, 3.63) is 70.9 Å². The number of aryl methyl sites for hydroxylation is 1. The molecule has 0 radical (unpaired) electrons. The average Bonchev–Trinajstić information content (AvgIpc) is 3.57. The number of rotatable bonds is 9. The van der Waals surface area contributed by atoms with Crippen molar-refractivity contribution >= 4 is 33.6 Å². The van der Waals surface area contributed by atoms with Gasteiger partial charge in [-0.15, -0.1) is 4.83 Å². The summed E-state index contributed by atoms with van der Waals surface area (Å²) in [5, 5.41) is -0.302. The molecule has 11 nitrogen and oxygen atoms in total. The van der Waals surface area contributed by atoms with Crippen molar-refractivity contribution < 1.29 is 27.1 Å². The minimum atomic E-state index is -3.99. The molecule has 0 bridgehead atoms. The summed E-state index contributed by atoms with van der Waals surface area (Å²) in [5.74, 6) is -1.94. The molecule has 3 amide bonds. The number of carbonyl (C=O) groups is 2. The third-order valence-corrected chi connectivity index (χ3v) is 8.11. The molecule has 0 spiro atoms. The number of sulfonamides is 1. The molecule has 214 valence electrons. The maximum absolute atomic E-state index is 14.6. The van der Waals surface area contributed by atoms with E-state index in [1.807, 2.05) is 29.1 Å². The summed E-state index contributed by atoms with van der Waals surface area (Å²) in [7, 11) is 1.03. The van der Waals surface area contributed by atoms with Crippen LogP contribution < -0.4 is 15.0 Å². The van der Waals surface area contributed by atoms with Gasteiger partial charge in [-0.1, -0.05) is 23.7 Å². The number of halogens is 2. The van der Waals surface area contributed by atoms with E-state index in [2.05, 4.69) is 10.4 Å². The van der Waals surface area contributed by atoms with Crippen LogP contribution in [-0.2, 0) is 23.6 Å². The Kier molecular flexibility index (Phi) is 8.96. The van der Waals surface area contributed by atoms with Crippen molar-refractivity contribution in [2.75, 3.05) is 33.0 Å². The van der Waals surface area contributed by atoms with Crippen LogP contribution in [0.5, 0.6) is 5.75 Å². The van der Waals surface area contributed by atoms with Gasteiger partial charge in [-0.05, 0) is 42.2 Å². The number of urea groups is 1. The number of nitrogens with zero attached hydrogens (tertiary/aromatic N) is 4. The van der Waals surface area contributed by atoms with Crippen molar-refractivity contribution in [3.63, 3.8) is 0 Å². The first-order chi connectivity index (χ1) is 19.0. The summed E-state index contributed by atoms with van der Waals surface area (Å²) in [6, 6.07) is 9.75. The third-order valence-electron chi connectivity index (χ3n) is 6.51. The highest BCUT2D eigenvalue weighted by Gasteiger charge is 2.31. The van der Waals surface area contributed by atoms with Crippen LogP contribution in [0.25, 0.3) is 11.3 Å². The Hall–Kier alpha value is -3.68. The molecule has 1 aliphatic rings. The third kappa shape index (κ3) is 7.09. The van der Waals surface area contributed by atoms with Crippen LogP contribution in [0, 0.1) is 11.7 Å². The minimum absolute atomic E-state index is 0.211. The van der Waals surface area contributed by atoms with Crippen LogP contribution in [0.1, 0.15) is 22.3 Å². The zero-order chi connectivity index (χ0) is 29.0. The van der Waals surface area contributed by atoms with Crippen LogP contribution in [0.4, 0.5) is 9.18 Å². The van der Waals surface area contributed by atoms with E-state index in [4.69, 9.17) is 16.3 Å². The van der Waals surface area contributed by atoms with Crippen LogP contribution in [-0.4, -0.2) is 72.7 Å². The number of hydrogen-bond donors (Lipinski definition) is 2. The lowest BCUT2D eigenvalue weighted by Gasteiger charge is -2.25. The Morgan fingerprint density at radius 3 is 2.62 bits per heavy atom. The number of aromatic nitrogens is 2. The lowest BCUT2D eigenvalue weighted by Crippen LogP contribution is -2.44. The zero-order valence-corrected chi connectivity index (χ0v) is 23.8. The number of nitrogens with one attached hydrogen (secondary N) is 2. The van der Waals surface area contributed by atoms with Gasteiger partial charge in [0.15, 0.2) is 5.82 Å². The standard InChI is InChI=1S/C26H30ClFN6O5S/c1-32-14-23(29-16-32)19-10-21(24(28)22(27)11-19)25(35)30-31-40(37,38)15-18-8-9-34(13-18)26(36)33(2)12-17-4-6-20(39-3)7-5-17/h4-7,10-11,14,16,18,31H,8-9,12-13,15H2,1-3H3,(H,30,35)/t18-/m0/s1. The predicted molar refractivity (Wildman–Crippen MR) is 148 cm³/mol. The maximum atomic E-state index is 14.6. The number of hydrogen-bond acceptors (Lipinski definition) is 6. The highest BCUT2D eigenvalue weighted by atomic mass is 35.5. The Labute approximate surface area is 236 Å². The van der Waals surface area contributed by atoms with Gasteiger partial charge in [-0.3, -0.25) is 10.2 Å². The summed E-state index contributed by atoms with van der Waals surface area (Å²) < 4.78 is 46.8. The number of ether oxygens (including phenoxy) is 1. The van der Waals surface area contributed by atoms with Crippen LogP contribution in [0.3, 0.4) is 0 Å². The van der Waals surface area contributed by atoms with E-state index in [0.29, 0.717) is 30.8 Å². The summed E-state index contributed by atoms with van der Waals surface area (Å²) in [6.45, 7) is 1.04. The maximum Gasteiger partial charge on any atom is 0.320 e. The summed E-state index contributed by atoms with van der Waals surface area (Å²) in [4.78, 5) is 34.9. The van der Waals surface area contributed by atoms with Crippen LogP contribution in [0.15, 0.2) is 48.9 Å². The number of methoxy groups -OCH3 is 1. The molecule has 14 heteroatoms. The van der Waals surface area contributed by atoms with Gasteiger partial charge >= 0.3 is 6.03 Å². The molecule has 1 atom stereocenters. The van der Waals surface area contributed by atoms with E-state index >= 15 is 0 Å². The normalized spacial score (nSPS) is 15.2. The molecule has 2 heterocycles. The van der Waals surface area contributed by atoms with E-state index in [9.17, 15) is 22.4 Å². The van der Waals surface area contributed by atoms with Crippen molar-refractivity contribution in [1.82, 2.24) is 29.6 Å². The molecular formula is C26H30ClFN6O5S. The van der Waals surface area contributed by atoms with Crippen molar-refractivity contribution in [2.45, 2.75) is 13.0 Å². The largest absolute Gasteiger partial charge is 0.497 e. The highest BCUT2D eigenvalue weighted by molar-refractivity contribution is 7.89. The average molecular weight is 593 g/mol. The highest BCUT2D eigenvalue weighted by Crippen LogP contribution is 2.27. The second-order valence-electron chi connectivity index (χ2n) is 9.67. The van der Waals surface area contributed by atoms with Crippen molar-refractivity contribution in [2.24, 2.45) is 13.0 Å². The van der Waals surface area contributed by atoms with Gasteiger partial charge < -0.3 is 19.1 Å². The summed E-state index contributed by atoms with van der Waals surface area (Å²) in [6.07, 6.45) is 3.69. The number of likely N-dealkylation sites (tertiary alicyclic amines) is 1. The monoisotopic (exact) mass is 592 g/mol. The van der Waals surface area contributed by atoms with Gasteiger partial charge in [0.1, 0.15) is 5.75 Å². The molecule has 0 aliphatic carbocycles. The fourth-order valence-corrected chi connectivity index (χ4v) is 5.91. The van der Waals surface area contributed by atoms with Gasteiger partial charge in [0.05, 0.1) is 35.5 Å². The molecule has 40 heavy (non-hydrogen) atoms. The first-order valence-electron chi connectivity index (χ1n) is 12.4. The molecule has 1 fully saturated rings. The number of benzene rings is 2. The molecule has 3 aromatic rings. The molecule has 0 unspecified atom stereocenters. The second-order valence-corrected chi connectivity index (χ2v) is 11.8. The second kappa shape index (κ2) is 12.2. The first kappa shape index (κ1) is 29.3. The topological polar surface area (TPSA) is 126 Å². The van der Waals surface area contributed by atoms with Gasteiger partial charge in [-0.25, -0.2) is 22.6 Å². The first-order valence-corrected chi connectivity index (χ1v) is 14.4. The Balaban J connectivity index is 1.31. The van der Waals surface area contributed by atoms with Gasteiger partial charge in [0, 0.05) is 45.5 Å². The van der Waals surface area contributed by atoms with Crippen LogP contribution in [0.2, 0.25) is 5.02 Å². The molecule has 0 saturated carbocycles. The minimum Gasteiger partial charge on any atom is -0.497 e. The van der Waals surface area contributed by atoms with E-state index < -0.39 is 27.3 Å². The molecule has 1 aliphatic heterocycles. The summed E-state index contributed by atoms with van der Waals surface area (Å²) in [5.41, 5.74) is 3.41. The number of imidazole rings is 1. The fraction of sp³-hybridized carbons (Fsp3) is 0.346. The summed E-state index contributed by atoms with van der Waals surface area (Å²) >= 11 is 5.97. The number of carbonyl (C=O) groups excluding carboxylic acids is 2. The number of amides is 3. The lowest BCUT2D eigenvalue weighted by molar-refractivity contribution is 0.0941. The fourth-order valence-electron chi connectivity index (χ4n) is 4.46. The quantitative estimate of drug-likeness (QED) is 0.368. The van der Waals surface area contributed by atoms with E-state index in [-0.39, 0.29) is 29.3 Å². The lowest BCUT2D eigenvalue weighted by atomic mass is 10.1. The van der Waals surface area contributed by atoms with E-state index in [1.54, 1.807) is 41.8 Å². The molecule has 2 aromatic carbocycles. The molecule has 1 aromatic heterocycles. The Bertz CT molecular complexity index is 1500. The Morgan fingerprint density at radius 2 is 1.98 bits per heavy atom. The molecule has 1 saturated heterocycles. The SMILES string of the molecule is COc1ccc(CN(C)C(=O)N2CC[C@H](CS(=O)(=O)NNC(=O)c3cc(-c4cn(C)cn4)cc(Cl)c3F)C2)cc1. The van der Waals surface area contributed by atoms with Crippen molar-refractivity contribution in [3.8, 4) is 17.0 Å². The van der Waals surface area contributed by atoms with Gasteiger partial charge in [-0.2, -0.15) is 0 Å². The molecule has 2 N–H and O–H groups in total. The predicted octanol–water partition coefficient (Wildman–Crippen LogP) is 3.03. The van der Waals surface area contributed by atoms with E-state index in [1.165, 1.54) is 18.5 Å². The Morgan fingerprint density at radius 1 is 1.25 bits per heavy atom. The van der Waals surface area contributed by atoms with Crippen molar-refractivity contribution in [1.29, 1.82) is 0 Å². The van der Waals surface area contributed by atoms with Gasteiger partial charge in [0.25, 0.3) is 5.91 Å².